The van der Waals surface area contributed by atoms with Gasteiger partial charge >= 0.3 is 8.80 Å². The lowest BCUT2D eigenvalue weighted by Crippen LogP contribution is -2.49. The third kappa shape index (κ3) is 3.99. The molecule has 3 aliphatic rings. The SMILES string of the molecule is CCO[Si](CC)(OCC)OC(C)C1CCC2OC2(CC2CO2)C1. The molecular weight excluding hydrogens is 312 g/mol. The van der Waals surface area contributed by atoms with Crippen LogP contribution < -0.4 is 0 Å². The van der Waals surface area contributed by atoms with Crippen molar-refractivity contribution in [1.82, 2.24) is 0 Å². The number of ether oxygens (including phenoxy) is 2. The number of fused-ring (bicyclic) bond motifs is 1. The van der Waals surface area contributed by atoms with Gasteiger partial charge in [0, 0.05) is 31.8 Å². The molecule has 1 saturated carbocycles. The largest absolute Gasteiger partial charge is 0.500 e. The van der Waals surface area contributed by atoms with Gasteiger partial charge in [-0.3, -0.25) is 0 Å². The Labute approximate surface area is 141 Å². The lowest BCUT2D eigenvalue weighted by atomic mass is 9.77. The van der Waals surface area contributed by atoms with Crippen molar-refractivity contribution in [2.24, 2.45) is 5.92 Å². The van der Waals surface area contributed by atoms with Crippen LogP contribution in [-0.2, 0) is 22.8 Å². The van der Waals surface area contributed by atoms with Crippen molar-refractivity contribution in [3.05, 3.63) is 0 Å². The van der Waals surface area contributed by atoms with Crippen LogP contribution in [0.1, 0.15) is 53.4 Å². The lowest BCUT2D eigenvalue weighted by Gasteiger charge is -2.36. The fourth-order valence-electron chi connectivity index (χ4n) is 4.11. The van der Waals surface area contributed by atoms with E-state index in [1.807, 2.05) is 13.8 Å². The maximum Gasteiger partial charge on any atom is 0.500 e. The van der Waals surface area contributed by atoms with E-state index in [-0.39, 0.29) is 11.7 Å². The minimum Gasteiger partial charge on any atom is -0.374 e. The Morgan fingerprint density at radius 2 is 1.87 bits per heavy atom. The van der Waals surface area contributed by atoms with Gasteiger partial charge in [-0.1, -0.05) is 6.92 Å². The average Bonchev–Trinajstić information content (AvgIpc) is 3.43. The Kier molecular flexibility index (Phi) is 5.50. The standard InChI is InChI=1S/C17H32O5Si/c1-5-19-23(7-3,20-6-2)22-13(4)14-8-9-16-17(10-14,21-16)11-15-12-18-15/h13-16H,5-12H2,1-4H3. The maximum atomic E-state index is 6.45. The van der Waals surface area contributed by atoms with E-state index in [0.29, 0.717) is 31.3 Å². The molecule has 0 aromatic heterocycles. The van der Waals surface area contributed by atoms with Crippen LogP contribution in [0, 0.1) is 5.92 Å². The predicted molar refractivity (Wildman–Crippen MR) is 89.3 cm³/mol. The maximum absolute atomic E-state index is 6.45. The van der Waals surface area contributed by atoms with Crippen LogP contribution in [0.4, 0.5) is 0 Å². The fourth-order valence-corrected chi connectivity index (χ4v) is 6.55. The molecule has 0 amide bonds. The molecule has 0 aromatic rings. The molecule has 23 heavy (non-hydrogen) atoms. The Bertz CT molecular complexity index is 396. The highest BCUT2D eigenvalue weighted by molar-refractivity contribution is 6.60. The van der Waals surface area contributed by atoms with Crippen LogP contribution in [0.2, 0.25) is 6.04 Å². The normalized spacial score (nSPS) is 37.3. The first-order chi connectivity index (χ1) is 11.1. The molecule has 5 unspecified atom stereocenters. The van der Waals surface area contributed by atoms with E-state index >= 15 is 0 Å². The Morgan fingerprint density at radius 3 is 2.43 bits per heavy atom. The second-order valence-electron chi connectivity index (χ2n) is 7.10. The molecule has 134 valence electrons. The minimum absolute atomic E-state index is 0.0787. The van der Waals surface area contributed by atoms with E-state index in [0.717, 1.165) is 31.9 Å². The minimum atomic E-state index is -2.53. The van der Waals surface area contributed by atoms with Gasteiger partial charge in [0.05, 0.1) is 24.4 Å². The van der Waals surface area contributed by atoms with Gasteiger partial charge in [0.1, 0.15) is 0 Å². The molecule has 2 aliphatic heterocycles. The Morgan fingerprint density at radius 1 is 1.17 bits per heavy atom. The molecule has 0 bridgehead atoms. The molecule has 0 spiro atoms. The molecule has 1 aliphatic carbocycles. The van der Waals surface area contributed by atoms with Gasteiger partial charge in [0.2, 0.25) is 0 Å². The zero-order valence-electron chi connectivity index (χ0n) is 15.0. The smallest absolute Gasteiger partial charge is 0.374 e. The second kappa shape index (κ2) is 7.10. The molecule has 5 nitrogen and oxygen atoms in total. The first kappa shape index (κ1) is 17.8. The number of rotatable bonds is 10. The topological polar surface area (TPSA) is 52.8 Å². The van der Waals surface area contributed by atoms with Crippen molar-refractivity contribution in [1.29, 1.82) is 0 Å². The summed E-state index contributed by atoms with van der Waals surface area (Å²) < 4.78 is 29.8. The highest BCUT2D eigenvalue weighted by Crippen LogP contribution is 2.54. The summed E-state index contributed by atoms with van der Waals surface area (Å²) >= 11 is 0. The number of hydrogen-bond donors (Lipinski definition) is 0. The van der Waals surface area contributed by atoms with Crippen molar-refractivity contribution in [3.8, 4) is 0 Å². The summed E-state index contributed by atoms with van der Waals surface area (Å²) in [4.78, 5) is 0. The Hall–Kier alpha value is 0.0169. The molecule has 0 N–H and O–H groups in total. The summed E-state index contributed by atoms with van der Waals surface area (Å²) in [6, 6.07) is 0.825. The van der Waals surface area contributed by atoms with Crippen molar-refractivity contribution in [2.45, 2.75) is 83.3 Å². The van der Waals surface area contributed by atoms with E-state index in [1.54, 1.807) is 0 Å². The van der Waals surface area contributed by atoms with E-state index < -0.39 is 8.80 Å². The van der Waals surface area contributed by atoms with Gasteiger partial charge in [-0.15, -0.1) is 0 Å². The molecule has 0 radical (unpaired) electrons. The molecule has 5 atom stereocenters. The quantitative estimate of drug-likeness (QED) is 0.450. The first-order valence-corrected chi connectivity index (χ1v) is 11.2. The molecule has 2 heterocycles. The van der Waals surface area contributed by atoms with Crippen LogP contribution >= 0.6 is 0 Å². The third-order valence-corrected chi connectivity index (χ3v) is 8.53. The second-order valence-corrected chi connectivity index (χ2v) is 9.98. The zero-order chi connectivity index (χ0) is 16.5. The lowest BCUT2D eigenvalue weighted by molar-refractivity contribution is 0.00679. The van der Waals surface area contributed by atoms with E-state index in [9.17, 15) is 0 Å². The van der Waals surface area contributed by atoms with E-state index in [2.05, 4.69) is 13.8 Å². The molecule has 3 fully saturated rings. The highest BCUT2D eigenvalue weighted by atomic mass is 28.4. The fraction of sp³-hybridized carbons (Fsp3) is 1.00. The van der Waals surface area contributed by atoms with Crippen LogP contribution in [0.5, 0.6) is 0 Å². The van der Waals surface area contributed by atoms with Gasteiger partial charge in [-0.05, 0) is 46.0 Å². The first-order valence-electron chi connectivity index (χ1n) is 9.31. The molecule has 2 saturated heterocycles. The third-order valence-electron chi connectivity index (χ3n) is 5.48. The number of hydrogen-bond acceptors (Lipinski definition) is 5. The van der Waals surface area contributed by atoms with Gasteiger partial charge in [0.15, 0.2) is 0 Å². The highest BCUT2D eigenvalue weighted by Gasteiger charge is 2.61. The summed E-state index contributed by atoms with van der Waals surface area (Å²) in [5, 5.41) is 0. The van der Waals surface area contributed by atoms with Crippen LogP contribution in [0.15, 0.2) is 0 Å². The Balaban J connectivity index is 1.58. The average molecular weight is 345 g/mol. The van der Waals surface area contributed by atoms with Crippen molar-refractivity contribution < 1.29 is 22.8 Å². The van der Waals surface area contributed by atoms with Crippen LogP contribution in [0.3, 0.4) is 0 Å². The summed E-state index contributed by atoms with van der Waals surface area (Å²) in [6.07, 6.45) is 5.52. The summed E-state index contributed by atoms with van der Waals surface area (Å²) in [5.74, 6) is 0.520. The van der Waals surface area contributed by atoms with Crippen molar-refractivity contribution in [3.63, 3.8) is 0 Å². The summed E-state index contributed by atoms with van der Waals surface area (Å²) in [5.41, 5.74) is 0.0787. The van der Waals surface area contributed by atoms with Gasteiger partial charge in [-0.2, -0.15) is 0 Å². The van der Waals surface area contributed by atoms with Crippen LogP contribution in [-0.4, -0.2) is 52.5 Å². The summed E-state index contributed by atoms with van der Waals surface area (Å²) in [6.45, 7) is 10.5. The molecular formula is C17H32O5Si. The van der Waals surface area contributed by atoms with Gasteiger partial charge in [-0.25, -0.2) is 0 Å². The van der Waals surface area contributed by atoms with Crippen molar-refractivity contribution in [2.75, 3.05) is 19.8 Å². The number of epoxide rings is 2. The monoisotopic (exact) mass is 344 g/mol. The summed E-state index contributed by atoms with van der Waals surface area (Å²) in [7, 11) is -2.53. The molecule has 0 aromatic carbocycles. The predicted octanol–water partition coefficient (Wildman–Crippen LogP) is 3.15. The zero-order valence-corrected chi connectivity index (χ0v) is 16.0. The van der Waals surface area contributed by atoms with E-state index in [4.69, 9.17) is 22.8 Å². The molecule has 3 rings (SSSR count). The van der Waals surface area contributed by atoms with E-state index in [1.165, 1.54) is 6.42 Å². The molecule has 6 heteroatoms. The van der Waals surface area contributed by atoms with Gasteiger partial charge < -0.3 is 22.8 Å². The van der Waals surface area contributed by atoms with Crippen molar-refractivity contribution >= 4 is 8.80 Å². The van der Waals surface area contributed by atoms with Gasteiger partial charge in [0.25, 0.3) is 0 Å². The van der Waals surface area contributed by atoms with Crippen LogP contribution in [0.25, 0.3) is 0 Å².